The van der Waals surface area contributed by atoms with Crippen LogP contribution in [0.25, 0.3) is 0 Å². The highest BCUT2D eigenvalue weighted by Gasteiger charge is 2.10. The SMILES string of the molecule is CCCCNc1ccc(C(=O)OCCN(C)C)cc1.CCN(CC)CC(=O)Nc1c(C)cccc1C.CCOC(=O)c1ccc(N)cc1. The van der Waals surface area contributed by atoms with Gasteiger partial charge in [-0.15, -0.1) is 0 Å². The van der Waals surface area contributed by atoms with Gasteiger partial charge in [-0.2, -0.15) is 0 Å². The number of hydrogen-bond donors (Lipinski definition) is 3. The van der Waals surface area contributed by atoms with E-state index in [1.54, 1.807) is 43.3 Å². The Morgan fingerprint density at radius 1 is 0.771 bits per heavy atom. The van der Waals surface area contributed by atoms with E-state index in [9.17, 15) is 14.4 Å². The second-order valence-electron chi connectivity index (χ2n) is 11.4. The van der Waals surface area contributed by atoms with Gasteiger partial charge in [0.2, 0.25) is 5.91 Å². The normalized spacial score (nSPS) is 10.3. The number of hydrogen-bond acceptors (Lipinski definition) is 9. The van der Waals surface area contributed by atoms with Crippen molar-refractivity contribution in [2.75, 3.05) is 76.4 Å². The van der Waals surface area contributed by atoms with Crippen LogP contribution in [0.3, 0.4) is 0 Å². The monoisotopic (exact) mass is 663 g/mol. The molecule has 264 valence electrons. The summed E-state index contributed by atoms with van der Waals surface area (Å²) in [7, 11) is 3.90. The average Bonchev–Trinajstić information content (AvgIpc) is 3.06. The van der Waals surface area contributed by atoms with Gasteiger partial charge in [0.25, 0.3) is 0 Å². The number of aryl methyl sites for hydroxylation is 2. The van der Waals surface area contributed by atoms with Crippen LogP contribution in [0, 0.1) is 13.8 Å². The number of likely N-dealkylation sites (N-methyl/N-ethyl adjacent to an activating group) is 2. The topological polar surface area (TPSA) is 126 Å². The third-order valence-corrected chi connectivity index (χ3v) is 7.18. The zero-order chi connectivity index (χ0) is 35.9. The highest BCUT2D eigenvalue weighted by molar-refractivity contribution is 5.93. The molecule has 0 aliphatic heterocycles. The number of amides is 1. The van der Waals surface area contributed by atoms with Crippen LogP contribution in [-0.2, 0) is 14.3 Å². The molecule has 3 aromatic rings. The Kier molecular flexibility index (Phi) is 20.7. The van der Waals surface area contributed by atoms with E-state index in [4.69, 9.17) is 15.2 Å². The largest absolute Gasteiger partial charge is 0.462 e. The van der Waals surface area contributed by atoms with Crippen molar-refractivity contribution in [3.63, 3.8) is 0 Å². The highest BCUT2D eigenvalue weighted by Crippen LogP contribution is 2.19. The number of carbonyl (C=O) groups is 3. The molecule has 3 rings (SSSR count). The number of nitrogens with two attached hydrogens (primary N) is 1. The van der Waals surface area contributed by atoms with Crippen LogP contribution < -0.4 is 16.4 Å². The number of para-hydroxylation sites is 1. The summed E-state index contributed by atoms with van der Waals surface area (Å²) in [6.45, 7) is 16.9. The van der Waals surface area contributed by atoms with Crippen molar-refractivity contribution < 1.29 is 23.9 Å². The number of benzene rings is 3. The van der Waals surface area contributed by atoms with E-state index in [0.717, 1.165) is 55.1 Å². The van der Waals surface area contributed by atoms with Crippen LogP contribution in [0.5, 0.6) is 0 Å². The van der Waals surface area contributed by atoms with Crippen LogP contribution >= 0.6 is 0 Å². The van der Waals surface area contributed by atoms with Gasteiger partial charge in [0.15, 0.2) is 0 Å². The van der Waals surface area contributed by atoms with Crippen LogP contribution in [-0.4, -0.2) is 87.7 Å². The number of carbonyl (C=O) groups excluding carboxylic acids is 3. The molecule has 1 amide bonds. The fourth-order valence-electron chi connectivity index (χ4n) is 4.21. The summed E-state index contributed by atoms with van der Waals surface area (Å²) in [5.74, 6) is -0.509. The third kappa shape index (κ3) is 16.9. The molecule has 0 radical (unpaired) electrons. The van der Waals surface area contributed by atoms with Crippen molar-refractivity contribution in [2.24, 2.45) is 0 Å². The highest BCUT2D eigenvalue weighted by atomic mass is 16.5. The minimum Gasteiger partial charge on any atom is -0.462 e. The molecule has 0 atom stereocenters. The summed E-state index contributed by atoms with van der Waals surface area (Å²) < 4.78 is 9.96. The van der Waals surface area contributed by atoms with Crippen LogP contribution in [0.2, 0.25) is 0 Å². The molecule has 0 saturated heterocycles. The first-order valence-corrected chi connectivity index (χ1v) is 16.7. The van der Waals surface area contributed by atoms with E-state index in [0.29, 0.717) is 36.6 Å². The third-order valence-electron chi connectivity index (χ3n) is 7.18. The fourth-order valence-corrected chi connectivity index (χ4v) is 4.21. The second-order valence-corrected chi connectivity index (χ2v) is 11.4. The predicted molar refractivity (Wildman–Crippen MR) is 198 cm³/mol. The molecule has 48 heavy (non-hydrogen) atoms. The van der Waals surface area contributed by atoms with Gasteiger partial charge in [-0.25, -0.2) is 9.59 Å². The number of rotatable bonds is 15. The molecule has 0 bridgehead atoms. The number of nitrogens with one attached hydrogen (secondary N) is 2. The zero-order valence-corrected chi connectivity index (χ0v) is 30.2. The maximum Gasteiger partial charge on any atom is 0.338 e. The van der Waals surface area contributed by atoms with Gasteiger partial charge in [0.1, 0.15) is 6.61 Å². The summed E-state index contributed by atoms with van der Waals surface area (Å²) in [5.41, 5.74) is 11.4. The van der Waals surface area contributed by atoms with E-state index < -0.39 is 0 Å². The molecule has 10 heteroatoms. The Morgan fingerprint density at radius 2 is 1.31 bits per heavy atom. The van der Waals surface area contributed by atoms with Crippen molar-refractivity contribution in [2.45, 2.75) is 54.4 Å². The molecule has 0 unspecified atom stereocenters. The molecule has 0 spiro atoms. The van der Waals surface area contributed by atoms with Crippen LogP contribution in [0.1, 0.15) is 72.4 Å². The molecule has 0 heterocycles. The maximum absolute atomic E-state index is 11.9. The Labute approximate surface area is 288 Å². The number of unbranched alkanes of at least 4 members (excludes halogenated alkanes) is 1. The maximum atomic E-state index is 11.9. The quantitative estimate of drug-likeness (QED) is 0.0931. The Balaban J connectivity index is 0.000000369. The first-order valence-electron chi connectivity index (χ1n) is 16.7. The molecule has 3 aromatic carbocycles. The molecule has 0 aliphatic rings. The van der Waals surface area contributed by atoms with Gasteiger partial charge in [0.05, 0.1) is 24.3 Å². The predicted octanol–water partition coefficient (Wildman–Crippen LogP) is 6.65. The minimum absolute atomic E-state index is 0.0612. The van der Waals surface area contributed by atoms with Crippen LogP contribution in [0.15, 0.2) is 66.7 Å². The lowest BCUT2D eigenvalue weighted by molar-refractivity contribution is -0.117. The molecular weight excluding hydrogens is 606 g/mol. The van der Waals surface area contributed by atoms with E-state index in [1.807, 2.05) is 63.2 Å². The number of esters is 2. The average molecular weight is 664 g/mol. The fraction of sp³-hybridized carbons (Fsp3) is 0.447. The molecule has 0 aliphatic carbocycles. The van der Waals surface area contributed by atoms with Gasteiger partial charge in [0, 0.05) is 30.2 Å². The van der Waals surface area contributed by atoms with Crippen molar-refractivity contribution in [3.8, 4) is 0 Å². The number of ether oxygens (including phenoxy) is 2. The molecular formula is C38H57N5O5. The summed E-state index contributed by atoms with van der Waals surface area (Å²) >= 11 is 0. The van der Waals surface area contributed by atoms with E-state index >= 15 is 0 Å². The Hall–Kier alpha value is -4.41. The second kappa shape index (κ2) is 23.8. The van der Waals surface area contributed by atoms with Gasteiger partial charge in [-0.3, -0.25) is 9.69 Å². The van der Waals surface area contributed by atoms with E-state index in [1.165, 1.54) is 6.42 Å². The zero-order valence-electron chi connectivity index (χ0n) is 30.2. The smallest absolute Gasteiger partial charge is 0.338 e. The van der Waals surface area contributed by atoms with Crippen molar-refractivity contribution in [1.82, 2.24) is 9.80 Å². The molecule has 0 saturated carbocycles. The lowest BCUT2D eigenvalue weighted by Gasteiger charge is -2.18. The van der Waals surface area contributed by atoms with Gasteiger partial charge in [-0.05, 0) is 114 Å². The Morgan fingerprint density at radius 3 is 1.81 bits per heavy atom. The first-order chi connectivity index (χ1) is 22.9. The molecule has 10 nitrogen and oxygen atoms in total. The summed E-state index contributed by atoms with van der Waals surface area (Å²) in [5, 5.41) is 6.31. The van der Waals surface area contributed by atoms with E-state index in [2.05, 4.69) is 36.3 Å². The van der Waals surface area contributed by atoms with Gasteiger partial charge in [-0.1, -0.05) is 45.4 Å². The summed E-state index contributed by atoms with van der Waals surface area (Å²) in [6, 6.07) is 20.1. The standard InChI is InChI=1S/C15H24N2O2.C14H22N2O.C9H11NO2/c1-4-5-10-16-14-8-6-13(7-9-14)15(18)19-12-11-17(2)3;1-5-16(6-2)10-13(17)15-14-11(3)8-7-9-12(14)4;1-2-12-9(11)7-3-5-8(10)6-4-7/h6-9,16H,4-5,10-12H2,1-3H3;7-9H,5-6,10H2,1-4H3,(H,15,17);3-6H,2,10H2,1H3. The van der Waals surface area contributed by atoms with Crippen LogP contribution in [0.4, 0.5) is 17.1 Å². The van der Waals surface area contributed by atoms with Gasteiger partial charge >= 0.3 is 11.9 Å². The van der Waals surface area contributed by atoms with Gasteiger partial charge < -0.3 is 30.7 Å². The Bertz CT molecular complexity index is 1340. The number of anilines is 3. The van der Waals surface area contributed by atoms with Crippen molar-refractivity contribution in [3.05, 3.63) is 89.0 Å². The lowest BCUT2D eigenvalue weighted by Crippen LogP contribution is -2.33. The summed E-state index contributed by atoms with van der Waals surface area (Å²) in [4.78, 5) is 38.8. The minimum atomic E-state index is -0.308. The van der Waals surface area contributed by atoms with E-state index in [-0.39, 0.29) is 17.8 Å². The molecule has 0 fully saturated rings. The number of nitrogen functional groups attached to an aromatic ring is 1. The molecule has 4 N–H and O–H groups in total. The summed E-state index contributed by atoms with van der Waals surface area (Å²) in [6.07, 6.45) is 2.32. The lowest BCUT2D eigenvalue weighted by atomic mass is 10.1. The first kappa shape index (κ1) is 41.6. The molecule has 0 aromatic heterocycles. The van der Waals surface area contributed by atoms with Crippen molar-refractivity contribution in [1.29, 1.82) is 0 Å². The number of nitrogens with zero attached hydrogens (tertiary/aromatic N) is 2. The van der Waals surface area contributed by atoms with Crippen molar-refractivity contribution >= 4 is 34.9 Å².